The van der Waals surface area contributed by atoms with Crippen molar-refractivity contribution in [3.63, 3.8) is 0 Å². The Morgan fingerprint density at radius 1 is 1.22 bits per heavy atom. The molecule has 0 fully saturated rings. The van der Waals surface area contributed by atoms with Crippen LogP contribution in [0.25, 0.3) is 0 Å². The predicted molar refractivity (Wildman–Crippen MR) is 16.0 cm³/mol. The van der Waals surface area contributed by atoms with E-state index in [1.807, 2.05) is 0 Å². The van der Waals surface area contributed by atoms with Crippen molar-refractivity contribution in [2.24, 2.45) is 0 Å². The second-order valence-corrected chi connectivity index (χ2v) is 1.04. The number of aliphatic hydroxyl groups is 1. The molecule has 9 heavy (non-hydrogen) atoms. The summed E-state index contributed by atoms with van der Waals surface area (Å²) in [6.45, 7) is 0. The first-order valence-electron chi connectivity index (χ1n) is 1.65. The van der Waals surface area contributed by atoms with E-state index in [2.05, 4.69) is 0 Å². The maximum absolute atomic E-state index is 9.36. The van der Waals surface area contributed by atoms with Crippen molar-refractivity contribution in [2.45, 2.75) is 6.10 Å². The van der Waals surface area contributed by atoms with Gasteiger partial charge in [-0.2, -0.15) is 0 Å². The summed E-state index contributed by atoms with van der Waals surface area (Å²) >= 11 is 0. The number of carbonyl (C=O) groups is 2. The molecular weight excluding hydrogens is 175 g/mol. The van der Waals surface area contributed by atoms with Crippen LogP contribution in [0.2, 0.25) is 0 Å². The van der Waals surface area contributed by atoms with Gasteiger partial charge in [-0.1, -0.05) is 0 Å². The Balaban J connectivity index is 0. The Labute approximate surface area is 60.5 Å². The zero-order valence-electron chi connectivity index (χ0n) is 3.99. The van der Waals surface area contributed by atoms with E-state index in [1.165, 1.54) is 0 Å². The predicted octanol–water partition coefficient (Wildman–Crippen LogP) is -4.16. The molecule has 0 spiro atoms. The van der Waals surface area contributed by atoms with E-state index in [0.717, 1.165) is 0 Å². The molecule has 0 aliphatic carbocycles. The zero-order chi connectivity index (χ0) is 6.73. The fourth-order valence-corrected chi connectivity index (χ4v) is 0.0962. The van der Waals surface area contributed by atoms with E-state index in [4.69, 9.17) is 5.11 Å². The molecule has 0 saturated heterocycles. The SMILES string of the molecule is O=C([O-])C(O)C(=O)[O-].[Co+2]. The van der Waals surface area contributed by atoms with Crippen molar-refractivity contribution in [1.82, 2.24) is 0 Å². The van der Waals surface area contributed by atoms with Crippen molar-refractivity contribution in [3.05, 3.63) is 0 Å². The summed E-state index contributed by atoms with van der Waals surface area (Å²) in [5.41, 5.74) is 0. The molecular formula is C3H2CoO5. The van der Waals surface area contributed by atoms with Gasteiger partial charge in [0.05, 0.1) is 11.9 Å². The molecule has 0 aromatic rings. The van der Waals surface area contributed by atoms with Crippen LogP contribution in [-0.2, 0) is 26.4 Å². The molecule has 6 heteroatoms. The van der Waals surface area contributed by atoms with E-state index >= 15 is 0 Å². The van der Waals surface area contributed by atoms with E-state index in [0.29, 0.717) is 0 Å². The third-order valence-corrected chi connectivity index (χ3v) is 0.447. The fourth-order valence-electron chi connectivity index (χ4n) is 0.0962. The number of carbonyl (C=O) groups excluding carboxylic acids is 2. The number of hydrogen-bond acceptors (Lipinski definition) is 5. The molecule has 5 nitrogen and oxygen atoms in total. The molecule has 0 aromatic carbocycles. The molecule has 1 N–H and O–H groups in total. The second kappa shape index (κ2) is 4.30. The number of aliphatic hydroxyl groups excluding tert-OH is 1. The Morgan fingerprint density at radius 3 is 1.44 bits per heavy atom. The van der Waals surface area contributed by atoms with Gasteiger partial charge in [-0.15, -0.1) is 0 Å². The quantitative estimate of drug-likeness (QED) is 0.431. The van der Waals surface area contributed by atoms with Gasteiger partial charge >= 0.3 is 16.8 Å². The summed E-state index contributed by atoms with van der Waals surface area (Å²) in [5.74, 6) is -4.13. The number of rotatable bonds is 2. The Hall–Kier alpha value is -0.594. The van der Waals surface area contributed by atoms with Gasteiger partial charge in [-0.25, -0.2) is 0 Å². The van der Waals surface area contributed by atoms with E-state index in [9.17, 15) is 19.8 Å². The van der Waals surface area contributed by atoms with Gasteiger partial charge in [0.2, 0.25) is 0 Å². The third-order valence-electron chi connectivity index (χ3n) is 0.447. The van der Waals surface area contributed by atoms with E-state index < -0.39 is 18.0 Å². The molecule has 0 aliphatic heterocycles. The molecule has 0 saturated carbocycles. The molecule has 0 aromatic heterocycles. The number of carboxylic acids is 2. The van der Waals surface area contributed by atoms with Gasteiger partial charge in [-0.05, 0) is 0 Å². The fraction of sp³-hybridized carbons (Fsp3) is 0.333. The molecule has 53 valence electrons. The van der Waals surface area contributed by atoms with Crippen LogP contribution in [0.5, 0.6) is 0 Å². The topological polar surface area (TPSA) is 100 Å². The van der Waals surface area contributed by atoms with E-state index in [1.54, 1.807) is 0 Å². The minimum Gasteiger partial charge on any atom is -0.547 e. The Bertz CT molecular complexity index is 107. The van der Waals surface area contributed by atoms with Gasteiger partial charge in [0.25, 0.3) is 0 Å². The van der Waals surface area contributed by atoms with E-state index in [-0.39, 0.29) is 16.8 Å². The van der Waals surface area contributed by atoms with Gasteiger partial charge in [0, 0.05) is 0 Å². The molecule has 0 heterocycles. The van der Waals surface area contributed by atoms with Crippen LogP contribution >= 0.6 is 0 Å². The largest absolute Gasteiger partial charge is 2.00 e. The smallest absolute Gasteiger partial charge is 0.547 e. The first kappa shape index (κ1) is 11.2. The molecule has 0 unspecified atom stereocenters. The van der Waals surface area contributed by atoms with Crippen molar-refractivity contribution in [3.8, 4) is 0 Å². The van der Waals surface area contributed by atoms with Crippen molar-refractivity contribution in [1.29, 1.82) is 0 Å². The Morgan fingerprint density at radius 2 is 1.44 bits per heavy atom. The summed E-state index contributed by atoms with van der Waals surface area (Å²) in [7, 11) is 0. The van der Waals surface area contributed by atoms with Crippen LogP contribution in [-0.4, -0.2) is 23.1 Å². The average molecular weight is 177 g/mol. The van der Waals surface area contributed by atoms with Crippen LogP contribution in [0.3, 0.4) is 0 Å². The molecule has 0 atom stereocenters. The van der Waals surface area contributed by atoms with Gasteiger partial charge in [0.1, 0.15) is 6.10 Å². The summed E-state index contributed by atoms with van der Waals surface area (Å²) in [6.07, 6.45) is -2.52. The summed E-state index contributed by atoms with van der Waals surface area (Å²) < 4.78 is 0. The second-order valence-electron chi connectivity index (χ2n) is 1.04. The molecule has 1 radical (unpaired) electrons. The van der Waals surface area contributed by atoms with Gasteiger partial charge in [-0.3, -0.25) is 0 Å². The first-order valence-corrected chi connectivity index (χ1v) is 1.65. The van der Waals surface area contributed by atoms with Crippen molar-refractivity contribution >= 4 is 11.9 Å². The number of aliphatic carboxylic acids is 2. The summed E-state index contributed by atoms with van der Waals surface area (Å²) in [6, 6.07) is 0. The monoisotopic (exact) mass is 177 g/mol. The maximum Gasteiger partial charge on any atom is 2.00 e. The van der Waals surface area contributed by atoms with Crippen LogP contribution in [0.1, 0.15) is 0 Å². The van der Waals surface area contributed by atoms with Crippen molar-refractivity contribution in [2.75, 3.05) is 0 Å². The molecule has 0 bridgehead atoms. The normalized spacial score (nSPS) is 8.22. The van der Waals surface area contributed by atoms with Gasteiger partial charge < -0.3 is 24.9 Å². The van der Waals surface area contributed by atoms with Crippen LogP contribution in [0, 0.1) is 0 Å². The van der Waals surface area contributed by atoms with Crippen LogP contribution in [0.15, 0.2) is 0 Å². The molecule has 0 aliphatic rings. The van der Waals surface area contributed by atoms with Crippen LogP contribution < -0.4 is 10.2 Å². The minimum atomic E-state index is -2.52. The summed E-state index contributed by atoms with van der Waals surface area (Å²) in [5, 5.41) is 26.6. The molecule has 0 amide bonds. The minimum absolute atomic E-state index is 0. The van der Waals surface area contributed by atoms with Crippen molar-refractivity contribution < 1.29 is 41.7 Å². The average Bonchev–Trinajstić information content (AvgIpc) is 1.64. The van der Waals surface area contributed by atoms with Gasteiger partial charge in [0.15, 0.2) is 0 Å². The third kappa shape index (κ3) is 3.95. The first-order chi connectivity index (χ1) is 3.55. The maximum atomic E-state index is 9.36. The standard InChI is InChI=1S/C3H4O5.Co/c4-1(2(5)6)3(7)8;/h1,4H,(H,5,6)(H,7,8);/q;+2/p-2. The molecule has 0 rings (SSSR count). The zero-order valence-corrected chi connectivity index (χ0v) is 5.03. The van der Waals surface area contributed by atoms with Crippen LogP contribution in [0.4, 0.5) is 0 Å². The number of hydrogen-bond donors (Lipinski definition) is 1. The summed E-state index contributed by atoms with van der Waals surface area (Å²) in [4.78, 5) is 18.7. The Kier molecular flexibility index (Phi) is 5.37. The number of carboxylic acid groups (broad SMARTS) is 2.